The quantitative estimate of drug-likeness (QED) is 0.478. The second kappa shape index (κ2) is 12.5. The molecule has 1 aliphatic heterocycles. The number of carbonyl (C=O) groups is 1. The summed E-state index contributed by atoms with van der Waals surface area (Å²) in [5, 5.41) is 12.3. The molecule has 0 radical (unpaired) electrons. The van der Waals surface area contributed by atoms with Crippen LogP contribution >= 0.6 is 0 Å². The third kappa shape index (κ3) is 6.71. The number of benzene rings is 2. The molecule has 4 N–H and O–H groups in total. The SMILES string of the molecule is CN=C/C(=C\N)c1cc(OC)cc(C(C)NC(=O)c2cc(C3CCN(CCO)CC3)ccc2C)c1. The van der Waals surface area contributed by atoms with Crippen molar-refractivity contribution in [3.05, 3.63) is 70.4 Å². The van der Waals surface area contributed by atoms with Gasteiger partial charge in [-0.05, 0) is 92.2 Å². The molecule has 35 heavy (non-hydrogen) atoms. The molecular weight excluding hydrogens is 440 g/mol. The minimum absolute atomic E-state index is 0.0938. The first kappa shape index (κ1) is 26.4. The fraction of sp³-hybridized carbons (Fsp3) is 0.429. The van der Waals surface area contributed by atoms with Gasteiger partial charge in [0.1, 0.15) is 5.75 Å². The van der Waals surface area contributed by atoms with E-state index in [0.717, 1.165) is 54.7 Å². The van der Waals surface area contributed by atoms with Crippen LogP contribution in [0.1, 0.15) is 64.3 Å². The van der Waals surface area contributed by atoms with Gasteiger partial charge in [-0.2, -0.15) is 0 Å². The number of aliphatic hydroxyl groups is 1. The van der Waals surface area contributed by atoms with E-state index in [2.05, 4.69) is 21.3 Å². The van der Waals surface area contributed by atoms with Crippen LogP contribution in [-0.4, -0.2) is 62.5 Å². The Morgan fingerprint density at radius 2 is 2.03 bits per heavy atom. The smallest absolute Gasteiger partial charge is 0.252 e. The molecule has 0 aromatic heterocycles. The number of amides is 1. The Balaban J connectivity index is 1.78. The lowest BCUT2D eigenvalue weighted by molar-refractivity contribution is 0.0939. The maximum Gasteiger partial charge on any atom is 0.252 e. The van der Waals surface area contributed by atoms with Crippen LogP contribution < -0.4 is 15.8 Å². The maximum absolute atomic E-state index is 13.3. The van der Waals surface area contributed by atoms with E-state index in [1.165, 1.54) is 11.8 Å². The number of aliphatic imine (C=N–C) groups is 1. The second-order valence-electron chi connectivity index (χ2n) is 9.11. The number of aliphatic hydroxyl groups excluding tert-OH is 1. The van der Waals surface area contributed by atoms with Crippen LogP contribution in [0.3, 0.4) is 0 Å². The molecular formula is C28H38N4O3. The number of hydrogen-bond donors (Lipinski definition) is 3. The number of nitrogens with one attached hydrogen (secondary N) is 1. The highest BCUT2D eigenvalue weighted by molar-refractivity contribution is 6.09. The van der Waals surface area contributed by atoms with Gasteiger partial charge >= 0.3 is 0 Å². The van der Waals surface area contributed by atoms with Crippen molar-refractivity contribution in [1.82, 2.24) is 10.2 Å². The standard InChI is InChI=1S/C28H38N4O3/c1-19-5-6-22(21-7-9-32(10-8-21)11-12-33)16-27(19)28(34)31-20(2)23-13-24(15-26(14-23)35-4)25(17-29)18-30-3/h5-6,13-18,20-21,33H,7-12,29H2,1-4H3,(H,31,34)/b25-17+,30-18?. The topological polar surface area (TPSA) is 100 Å². The zero-order valence-corrected chi connectivity index (χ0v) is 21.3. The molecule has 0 spiro atoms. The molecule has 1 amide bonds. The van der Waals surface area contributed by atoms with Gasteiger partial charge in [0.25, 0.3) is 5.91 Å². The van der Waals surface area contributed by atoms with E-state index in [-0.39, 0.29) is 18.6 Å². The monoisotopic (exact) mass is 478 g/mol. The number of aryl methyl sites for hydroxylation is 1. The summed E-state index contributed by atoms with van der Waals surface area (Å²) in [7, 11) is 3.32. The maximum atomic E-state index is 13.3. The highest BCUT2D eigenvalue weighted by atomic mass is 16.5. The number of carbonyl (C=O) groups excluding carboxylic acids is 1. The largest absolute Gasteiger partial charge is 0.497 e. The number of methoxy groups -OCH3 is 1. The number of piperidine rings is 1. The minimum atomic E-state index is -0.237. The first-order valence-electron chi connectivity index (χ1n) is 12.2. The molecule has 1 saturated heterocycles. The zero-order valence-electron chi connectivity index (χ0n) is 21.3. The molecule has 2 aromatic carbocycles. The van der Waals surface area contributed by atoms with E-state index in [9.17, 15) is 9.90 Å². The number of hydrogen-bond acceptors (Lipinski definition) is 6. The zero-order chi connectivity index (χ0) is 25.4. The van der Waals surface area contributed by atoms with Crippen molar-refractivity contribution < 1.29 is 14.6 Å². The van der Waals surface area contributed by atoms with Crippen molar-refractivity contribution in [3.63, 3.8) is 0 Å². The van der Waals surface area contributed by atoms with Gasteiger partial charge in [-0.3, -0.25) is 9.79 Å². The van der Waals surface area contributed by atoms with Crippen molar-refractivity contribution >= 4 is 17.7 Å². The Labute approximate surface area is 208 Å². The molecule has 0 bridgehead atoms. The van der Waals surface area contributed by atoms with E-state index >= 15 is 0 Å². The number of ether oxygens (including phenoxy) is 1. The molecule has 7 heteroatoms. The van der Waals surface area contributed by atoms with Gasteiger partial charge in [-0.25, -0.2) is 0 Å². The Kier molecular flexibility index (Phi) is 9.46. The first-order valence-corrected chi connectivity index (χ1v) is 12.2. The average Bonchev–Trinajstić information content (AvgIpc) is 2.87. The molecule has 0 saturated carbocycles. The van der Waals surface area contributed by atoms with Crippen molar-refractivity contribution in [1.29, 1.82) is 0 Å². The normalized spacial score (nSPS) is 16.4. The molecule has 7 nitrogen and oxygen atoms in total. The van der Waals surface area contributed by atoms with Crippen molar-refractivity contribution in [2.24, 2.45) is 10.7 Å². The summed E-state index contributed by atoms with van der Waals surface area (Å²) < 4.78 is 5.49. The fourth-order valence-electron chi connectivity index (χ4n) is 4.64. The number of nitrogens with zero attached hydrogens (tertiary/aromatic N) is 2. The summed E-state index contributed by atoms with van der Waals surface area (Å²) in [6.45, 7) is 6.80. The number of β-amino-alcohol motifs (C(OH)–C–C–N with tert-alkyl or cyclic N) is 1. The van der Waals surface area contributed by atoms with E-state index in [4.69, 9.17) is 10.5 Å². The van der Waals surface area contributed by atoms with Crippen LogP contribution in [0.5, 0.6) is 5.75 Å². The molecule has 1 fully saturated rings. The Bertz CT molecular complexity index is 1070. The van der Waals surface area contributed by atoms with Crippen LogP contribution in [0.4, 0.5) is 0 Å². The van der Waals surface area contributed by atoms with Gasteiger partial charge in [-0.1, -0.05) is 12.1 Å². The van der Waals surface area contributed by atoms with Crippen LogP contribution in [0.25, 0.3) is 5.57 Å². The van der Waals surface area contributed by atoms with E-state index < -0.39 is 0 Å². The van der Waals surface area contributed by atoms with Gasteiger partial charge < -0.3 is 25.8 Å². The van der Waals surface area contributed by atoms with Crippen molar-refractivity contribution in [2.75, 3.05) is 40.4 Å². The van der Waals surface area contributed by atoms with Gasteiger partial charge in [0.05, 0.1) is 19.8 Å². The number of rotatable bonds is 9. The van der Waals surface area contributed by atoms with Crippen molar-refractivity contribution in [3.8, 4) is 5.75 Å². The van der Waals surface area contributed by atoms with Crippen molar-refractivity contribution in [2.45, 2.75) is 38.6 Å². The van der Waals surface area contributed by atoms with Crippen LogP contribution in [-0.2, 0) is 0 Å². The molecule has 2 aromatic rings. The highest BCUT2D eigenvalue weighted by Crippen LogP contribution is 2.30. The van der Waals surface area contributed by atoms with Gasteiger partial charge in [0.2, 0.25) is 0 Å². The Morgan fingerprint density at radius 3 is 2.66 bits per heavy atom. The lowest BCUT2D eigenvalue weighted by atomic mass is 9.87. The number of likely N-dealkylation sites (tertiary alicyclic amines) is 1. The summed E-state index contributed by atoms with van der Waals surface area (Å²) in [5.41, 5.74) is 11.2. The molecule has 0 aliphatic carbocycles. The van der Waals surface area contributed by atoms with Gasteiger partial charge in [0.15, 0.2) is 0 Å². The van der Waals surface area contributed by atoms with Crippen LogP contribution in [0.2, 0.25) is 0 Å². The lowest BCUT2D eigenvalue weighted by Crippen LogP contribution is -2.35. The highest BCUT2D eigenvalue weighted by Gasteiger charge is 2.22. The summed E-state index contributed by atoms with van der Waals surface area (Å²) in [5.74, 6) is 1.02. The molecule has 1 aliphatic rings. The van der Waals surface area contributed by atoms with E-state index in [1.807, 2.05) is 44.2 Å². The van der Waals surface area contributed by atoms with Gasteiger partial charge in [0, 0.05) is 37.1 Å². The van der Waals surface area contributed by atoms with Crippen LogP contribution in [0, 0.1) is 6.92 Å². The lowest BCUT2D eigenvalue weighted by Gasteiger charge is -2.32. The molecule has 1 atom stereocenters. The average molecular weight is 479 g/mol. The number of allylic oxidation sites excluding steroid dienone is 1. The minimum Gasteiger partial charge on any atom is -0.497 e. The van der Waals surface area contributed by atoms with E-state index in [0.29, 0.717) is 17.2 Å². The summed E-state index contributed by atoms with van der Waals surface area (Å²) in [6, 6.07) is 11.8. The Morgan fingerprint density at radius 1 is 1.29 bits per heavy atom. The predicted molar refractivity (Wildman–Crippen MR) is 142 cm³/mol. The van der Waals surface area contributed by atoms with E-state index in [1.54, 1.807) is 20.4 Å². The first-order chi connectivity index (χ1) is 16.9. The summed E-state index contributed by atoms with van der Waals surface area (Å²) in [6.07, 6.45) is 5.28. The van der Waals surface area contributed by atoms with Gasteiger partial charge in [-0.15, -0.1) is 0 Å². The summed E-state index contributed by atoms with van der Waals surface area (Å²) >= 11 is 0. The Hall–Kier alpha value is -3.16. The molecule has 1 heterocycles. The predicted octanol–water partition coefficient (Wildman–Crippen LogP) is 3.67. The van der Waals surface area contributed by atoms with Crippen LogP contribution in [0.15, 0.2) is 47.6 Å². The summed E-state index contributed by atoms with van der Waals surface area (Å²) in [4.78, 5) is 19.7. The molecule has 188 valence electrons. The third-order valence-corrected chi connectivity index (χ3v) is 6.77. The second-order valence-corrected chi connectivity index (χ2v) is 9.11. The third-order valence-electron chi connectivity index (χ3n) is 6.77. The number of nitrogens with two attached hydrogens (primary N) is 1. The molecule has 1 unspecified atom stereocenters. The fourth-order valence-corrected chi connectivity index (χ4v) is 4.64. The molecule has 3 rings (SSSR count).